The molecule has 1 aliphatic rings. The Hall–Kier alpha value is -1.46. The second-order valence-electron chi connectivity index (χ2n) is 5.47. The highest BCUT2D eigenvalue weighted by atomic mass is 35.5. The molecule has 1 aliphatic heterocycles. The van der Waals surface area contributed by atoms with Crippen LogP contribution in [0.25, 0.3) is 0 Å². The number of carbonyl (C=O) groups excluding carboxylic acids is 2. The first-order valence-electron chi connectivity index (χ1n) is 7.11. The highest BCUT2D eigenvalue weighted by Crippen LogP contribution is 2.24. The lowest BCUT2D eigenvalue weighted by molar-refractivity contribution is -0.119. The van der Waals surface area contributed by atoms with E-state index in [1.54, 1.807) is 11.0 Å². The summed E-state index contributed by atoms with van der Waals surface area (Å²) >= 11 is 12.1. The smallest absolute Gasteiger partial charge is 0.317 e. The van der Waals surface area contributed by atoms with Gasteiger partial charge in [-0.25, -0.2) is 4.79 Å². The van der Waals surface area contributed by atoms with Gasteiger partial charge in [-0.2, -0.15) is 0 Å². The third-order valence-corrected chi connectivity index (χ3v) is 4.24. The first-order chi connectivity index (χ1) is 10.4. The van der Waals surface area contributed by atoms with Crippen LogP contribution in [-0.4, -0.2) is 36.0 Å². The molecule has 120 valence electrons. The molecule has 1 atom stereocenters. The zero-order valence-corrected chi connectivity index (χ0v) is 14.1. The average Bonchev–Trinajstić information content (AvgIpc) is 2.84. The number of nitrogens with zero attached hydrogens (tertiary/aromatic N) is 1. The first kappa shape index (κ1) is 16.9. The van der Waals surface area contributed by atoms with Crippen molar-refractivity contribution in [3.63, 3.8) is 0 Å². The fraction of sp³-hybridized carbons (Fsp3) is 0.467. The van der Waals surface area contributed by atoms with Gasteiger partial charge < -0.3 is 15.5 Å². The van der Waals surface area contributed by atoms with Crippen molar-refractivity contribution in [3.8, 4) is 0 Å². The van der Waals surface area contributed by atoms with Crippen LogP contribution in [0.3, 0.4) is 0 Å². The fourth-order valence-electron chi connectivity index (χ4n) is 2.58. The minimum absolute atomic E-state index is 0.0316. The molecule has 7 heteroatoms. The number of amides is 3. The number of rotatable bonds is 3. The van der Waals surface area contributed by atoms with E-state index >= 15 is 0 Å². The highest BCUT2D eigenvalue weighted by Gasteiger charge is 2.26. The van der Waals surface area contributed by atoms with E-state index in [1.165, 1.54) is 6.92 Å². The zero-order valence-electron chi connectivity index (χ0n) is 12.6. The van der Waals surface area contributed by atoms with Gasteiger partial charge in [0, 0.05) is 42.6 Å². The molecule has 3 amide bonds. The molecule has 0 saturated carbocycles. The van der Waals surface area contributed by atoms with E-state index in [9.17, 15) is 9.59 Å². The number of nitrogens with one attached hydrogen (secondary N) is 2. The van der Waals surface area contributed by atoms with Gasteiger partial charge in [0.1, 0.15) is 0 Å². The van der Waals surface area contributed by atoms with E-state index in [1.807, 2.05) is 13.0 Å². The molecule has 0 aromatic heterocycles. The van der Waals surface area contributed by atoms with E-state index in [-0.39, 0.29) is 18.0 Å². The average molecular weight is 344 g/mol. The maximum absolute atomic E-state index is 12.2. The van der Waals surface area contributed by atoms with Gasteiger partial charge in [-0.15, -0.1) is 0 Å². The standard InChI is InChI=1S/C15H19Cl2N3O2/c1-9-5-11(16)6-14(17)13(9)7-18-15(22)20-4-3-12(8-20)19-10(2)21/h5-6,12H,3-4,7-8H2,1-2H3,(H,18,22)(H,19,21)/t12-/m1/s1. The fourth-order valence-corrected chi connectivity index (χ4v) is 3.24. The van der Waals surface area contributed by atoms with Gasteiger partial charge >= 0.3 is 6.03 Å². The predicted molar refractivity (Wildman–Crippen MR) is 87.2 cm³/mol. The van der Waals surface area contributed by atoms with E-state index in [0.29, 0.717) is 29.7 Å². The number of likely N-dealkylation sites (tertiary alicyclic amines) is 1. The number of benzene rings is 1. The summed E-state index contributed by atoms with van der Waals surface area (Å²) in [6, 6.07) is 3.36. The summed E-state index contributed by atoms with van der Waals surface area (Å²) in [7, 11) is 0. The molecule has 0 radical (unpaired) electrons. The van der Waals surface area contributed by atoms with Crippen LogP contribution >= 0.6 is 23.2 Å². The van der Waals surface area contributed by atoms with Crippen molar-refractivity contribution in [2.45, 2.75) is 32.9 Å². The summed E-state index contributed by atoms with van der Waals surface area (Å²) in [5.74, 6) is -0.0733. The second kappa shape index (κ2) is 7.20. The summed E-state index contributed by atoms with van der Waals surface area (Å²) in [5.41, 5.74) is 1.80. The Labute approximate surface area is 139 Å². The molecule has 0 spiro atoms. The van der Waals surface area contributed by atoms with Gasteiger partial charge in [0.2, 0.25) is 5.91 Å². The van der Waals surface area contributed by atoms with Crippen LogP contribution in [0, 0.1) is 6.92 Å². The van der Waals surface area contributed by atoms with Crippen molar-refractivity contribution in [1.29, 1.82) is 0 Å². The Morgan fingerprint density at radius 2 is 2.09 bits per heavy atom. The molecule has 22 heavy (non-hydrogen) atoms. The van der Waals surface area contributed by atoms with Gasteiger partial charge in [-0.1, -0.05) is 23.2 Å². The van der Waals surface area contributed by atoms with Crippen molar-refractivity contribution < 1.29 is 9.59 Å². The van der Waals surface area contributed by atoms with Crippen LogP contribution in [0.5, 0.6) is 0 Å². The number of urea groups is 1. The maximum atomic E-state index is 12.2. The lowest BCUT2D eigenvalue weighted by atomic mass is 10.1. The molecule has 1 saturated heterocycles. The van der Waals surface area contributed by atoms with Gasteiger partial charge in [-0.3, -0.25) is 4.79 Å². The molecule has 5 nitrogen and oxygen atoms in total. The van der Waals surface area contributed by atoms with Gasteiger partial charge in [0.15, 0.2) is 0 Å². The number of carbonyl (C=O) groups is 2. The predicted octanol–water partition coefficient (Wildman–Crippen LogP) is 2.72. The Morgan fingerprint density at radius 3 is 2.73 bits per heavy atom. The van der Waals surface area contributed by atoms with E-state index in [4.69, 9.17) is 23.2 Å². The minimum atomic E-state index is -0.154. The molecule has 2 N–H and O–H groups in total. The summed E-state index contributed by atoms with van der Waals surface area (Å²) in [5, 5.41) is 6.81. The molecular formula is C15H19Cl2N3O2. The van der Waals surface area contributed by atoms with Crippen LogP contribution in [0.1, 0.15) is 24.5 Å². The molecule has 1 fully saturated rings. The van der Waals surface area contributed by atoms with Crippen molar-refractivity contribution in [1.82, 2.24) is 15.5 Å². The monoisotopic (exact) mass is 343 g/mol. The normalized spacial score (nSPS) is 17.5. The van der Waals surface area contributed by atoms with Crippen LogP contribution in [0.4, 0.5) is 4.79 Å². The molecule has 0 unspecified atom stereocenters. The molecule has 0 aliphatic carbocycles. The van der Waals surface area contributed by atoms with Gasteiger partial charge in [-0.05, 0) is 36.6 Å². The lowest BCUT2D eigenvalue weighted by Gasteiger charge is -2.18. The Balaban J connectivity index is 1.90. The highest BCUT2D eigenvalue weighted by molar-refractivity contribution is 6.35. The van der Waals surface area contributed by atoms with Crippen molar-refractivity contribution in [3.05, 3.63) is 33.3 Å². The third kappa shape index (κ3) is 4.27. The molecular weight excluding hydrogens is 325 g/mol. The van der Waals surface area contributed by atoms with E-state index in [0.717, 1.165) is 17.5 Å². The summed E-state index contributed by atoms with van der Waals surface area (Å²) in [4.78, 5) is 24.9. The van der Waals surface area contributed by atoms with Gasteiger partial charge in [0.25, 0.3) is 0 Å². The molecule has 2 rings (SSSR count). The molecule has 1 aromatic rings. The van der Waals surface area contributed by atoms with Crippen LogP contribution in [-0.2, 0) is 11.3 Å². The third-order valence-electron chi connectivity index (χ3n) is 3.68. The van der Waals surface area contributed by atoms with Crippen molar-refractivity contribution in [2.24, 2.45) is 0 Å². The number of hydrogen-bond acceptors (Lipinski definition) is 2. The van der Waals surface area contributed by atoms with Gasteiger partial charge in [0.05, 0.1) is 0 Å². The number of halogens is 2. The zero-order chi connectivity index (χ0) is 16.3. The Kier molecular flexibility index (Phi) is 5.53. The van der Waals surface area contributed by atoms with Crippen LogP contribution < -0.4 is 10.6 Å². The molecule has 1 aromatic carbocycles. The summed E-state index contributed by atoms with van der Waals surface area (Å²) in [6.07, 6.45) is 0.772. The van der Waals surface area contributed by atoms with Crippen LogP contribution in [0.15, 0.2) is 12.1 Å². The summed E-state index contributed by atoms with van der Waals surface area (Å²) < 4.78 is 0. The minimum Gasteiger partial charge on any atom is -0.352 e. The largest absolute Gasteiger partial charge is 0.352 e. The van der Waals surface area contributed by atoms with Crippen molar-refractivity contribution in [2.75, 3.05) is 13.1 Å². The number of aryl methyl sites for hydroxylation is 1. The summed E-state index contributed by atoms with van der Waals surface area (Å²) in [6.45, 7) is 4.89. The van der Waals surface area contributed by atoms with E-state index in [2.05, 4.69) is 10.6 Å². The first-order valence-corrected chi connectivity index (χ1v) is 7.87. The maximum Gasteiger partial charge on any atom is 0.317 e. The lowest BCUT2D eigenvalue weighted by Crippen LogP contribution is -2.41. The second-order valence-corrected chi connectivity index (χ2v) is 6.32. The Bertz CT molecular complexity index is 569. The molecule has 0 bridgehead atoms. The quantitative estimate of drug-likeness (QED) is 0.886. The SMILES string of the molecule is CC(=O)N[C@@H]1CCN(C(=O)NCc2c(C)cc(Cl)cc2Cl)C1. The van der Waals surface area contributed by atoms with Crippen molar-refractivity contribution >= 4 is 35.1 Å². The van der Waals surface area contributed by atoms with E-state index < -0.39 is 0 Å². The Morgan fingerprint density at radius 1 is 1.36 bits per heavy atom. The topological polar surface area (TPSA) is 61.4 Å². The number of hydrogen-bond donors (Lipinski definition) is 2. The van der Waals surface area contributed by atoms with Crippen LogP contribution in [0.2, 0.25) is 10.0 Å². The molecule has 1 heterocycles.